The molecule has 39 heavy (non-hydrogen) atoms. The molecule has 8 nitrogen and oxygen atoms in total. The summed E-state index contributed by atoms with van der Waals surface area (Å²) in [4.78, 5) is 7.88. The Morgan fingerprint density at radius 3 is 2.44 bits per heavy atom. The highest BCUT2D eigenvalue weighted by Gasteiger charge is 2.30. The minimum atomic E-state index is -4.10. The molecule has 10 heteroatoms. The largest absolute Gasteiger partial charge is 0.312 e. The third-order valence-corrected chi connectivity index (χ3v) is 8.16. The number of hydrogen-bond donors (Lipinski definition) is 1. The summed E-state index contributed by atoms with van der Waals surface area (Å²) >= 11 is 6.17. The molecule has 0 fully saturated rings. The number of guanidine groups is 1. The highest BCUT2D eigenvalue weighted by Crippen LogP contribution is 2.30. The first-order valence-corrected chi connectivity index (χ1v) is 14.5. The molecule has 0 spiro atoms. The van der Waals surface area contributed by atoms with Crippen LogP contribution in [0, 0.1) is 6.57 Å². The molecule has 2 aliphatic heterocycles. The molecule has 5 rings (SSSR count). The van der Waals surface area contributed by atoms with E-state index in [1.165, 1.54) is 24.3 Å². The molecule has 198 valence electrons. The van der Waals surface area contributed by atoms with Crippen molar-refractivity contribution in [3.63, 3.8) is 0 Å². The molecule has 0 bridgehead atoms. The summed E-state index contributed by atoms with van der Waals surface area (Å²) < 4.78 is 30.9. The highest BCUT2D eigenvalue weighted by molar-refractivity contribution is 7.90. The van der Waals surface area contributed by atoms with Crippen molar-refractivity contribution in [1.82, 2.24) is 10.3 Å². The summed E-state index contributed by atoms with van der Waals surface area (Å²) in [5.41, 5.74) is 3.17. The minimum absolute atomic E-state index is 0.000795. The van der Waals surface area contributed by atoms with Gasteiger partial charge in [0.25, 0.3) is 10.0 Å². The summed E-state index contributed by atoms with van der Waals surface area (Å²) in [6, 6.07) is 23.4. The molecule has 0 radical (unpaired) electrons. The van der Waals surface area contributed by atoms with Gasteiger partial charge in [-0.2, -0.15) is 13.5 Å². The van der Waals surface area contributed by atoms with Gasteiger partial charge in [0.05, 0.1) is 17.2 Å². The number of amidine groups is 1. The number of hydrazone groups is 1. The number of hydrogen-bond acceptors (Lipinski definition) is 4. The molecule has 3 aromatic rings. The number of benzene rings is 3. The van der Waals surface area contributed by atoms with Crippen LogP contribution < -0.4 is 5.32 Å². The fourth-order valence-electron chi connectivity index (χ4n) is 4.60. The second-order valence-corrected chi connectivity index (χ2v) is 11.3. The Morgan fingerprint density at radius 1 is 1.03 bits per heavy atom. The zero-order chi connectivity index (χ0) is 27.2. The van der Waals surface area contributed by atoms with Gasteiger partial charge in [0.2, 0.25) is 5.96 Å². The van der Waals surface area contributed by atoms with Crippen LogP contribution in [0.25, 0.3) is 4.85 Å². The van der Waals surface area contributed by atoms with Crippen LogP contribution in [-0.4, -0.2) is 44.0 Å². The van der Waals surface area contributed by atoms with E-state index in [2.05, 4.69) is 31.7 Å². The Balaban J connectivity index is 1.58. The van der Waals surface area contributed by atoms with Crippen LogP contribution >= 0.6 is 11.6 Å². The lowest BCUT2D eigenvalue weighted by molar-refractivity contribution is 0.395. The lowest BCUT2D eigenvalue weighted by atomic mass is 9.86. The van der Waals surface area contributed by atoms with Gasteiger partial charge in [-0.25, -0.2) is 9.85 Å². The second kappa shape index (κ2) is 11.8. The lowest BCUT2D eigenvalue weighted by Gasteiger charge is -2.32. The Kier molecular flexibility index (Phi) is 8.05. The number of aliphatic imine (C=N–C) groups is 1. The van der Waals surface area contributed by atoms with Crippen LogP contribution in [0.15, 0.2) is 98.2 Å². The van der Waals surface area contributed by atoms with Gasteiger partial charge in [-0.15, -0.1) is 4.40 Å². The van der Waals surface area contributed by atoms with Gasteiger partial charge in [0.15, 0.2) is 5.69 Å². The molecule has 1 N–H and O–H groups in total. The molecular weight excluding hydrogens is 532 g/mol. The first-order valence-electron chi connectivity index (χ1n) is 12.7. The van der Waals surface area contributed by atoms with Crippen molar-refractivity contribution in [2.24, 2.45) is 14.5 Å². The van der Waals surface area contributed by atoms with E-state index in [0.29, 0.717) is 42.5 Å². The monoisotopic (exact) mass is 558 g/mol. The smallest absolute Gasteiger partial charge is 0.285 e. The van der Waals surface area contributed by atoms with Crippen LogP contribution in [0.3, 0.4) is 0 Å². The van der Waals surface area contributed by atoms with Crippen molar-refractivity contribution in [1.29, 1.82) is 0 Å². The fraction of sp³-hybridized carbons (Fsp3) is 0.241. The SMILES string of the molecule is [C-]#[N+]c1ccc(S(=O)(=O)/N=C(/NC2=NCCCC2)N2CCC(c3ccccc3)C(c3ccc(Cl)cc3)=N2)cc1. The Labute approximate surface area is 233 Å². The van der Waals surface area contributed by atoms with Crippen molar-refractivity contribution in [2.75, 3.05) is 13.1 Å². The number of sulfonamides is 1. The highest BCUT2D eigenvalue weighted by atomic mass is 35.5. The molecule has 3 aromatic carbocycles. The molecule has 0 aromatic heterocycles. The summed E-state index contributed by atoms with van der Waals surface area (Å²) in [7, 11) is -4.10. The summed E-state index contributed by atoms with van der Waals surface area (Å²) in [6.07, 6.45) is 3.34. The number of rotatable bonds is 4. The molecular formula is C29H27ClN6O2S. The van der Waals surface area contributed by atoms with Gasteiger partial charge in [-0.3, -0.25) is 4.99 Å². The second-order valence-electron chi connectivity index (χ2n) is 9.27. The van der Waals surface area contributed by atoms with Gasteiger partial charge < -0.3 is 5.32 Å². The average Bonchev–Trinajstić information content (AvgIpc) is 2.98. The first kappa shape index (κ1) is 26.6. The van der Waals surface area contributed by atoms with E-state index >= 15 is 0 Å². The summed E-state index contributed by atoms with van der Waals surface area (Å²) in [6.45, 7) is 8.26. The number of nitrogens with one attached hydrogen (secondary N) is 1. The van der Waals surface area contributed by atoms with Crippen molar-refractivity contribution < 1.29 is 8.42 Å². The third-order valence-electron chi connectivity index (χ3n) is 6.63. The van der Waals surface area contributed by atoms with E-state index in [-0.39, 0.29) is 16.8 Å². The molecule has 1 atom stereocenters. The third kappa shape index (κ3) is 6.36. The maximum atomic E-state index is 13.4. The van der Waals surface area contributed by atoms with Crippen molar-refractivity contribution in [3.05, 3.63) is 106 Å². The van der Waals surface area contributed by atoms with Crippen LogP contribution in [0.4, 0.5) is 5.69 Å². The topological polar surface area (TPSA) is 90.8 Å². The standard InChI is InChI=1S/C29H27ClN6O2S/c1-31-24-14-16-25(17-15-24)39(37,38)35-29(33-27-9-5-6-19-32-27)36-20-18-26(21-7-3-2-4-8-21)28(34-36)22-10-12-23(30)13-11-22/h2-4,7-8,10-17,26H,5-6,9,18-20H2,(H,32,33,35). The predicted molar refractivity (Wildman–Crippen MR) is 155 cm³/mol. The normalized spacial score (nSPS) is 18.1. The Morgan fingerprint density at radius 2 is 1.77 bits per heavy atom. The maximum Gasteiger partial charge on any atom is 0.285 e. The summed E-state index contributed by atoms with van der Waals surface area (Å²) in [5.74, 6) is 0.796. The Hall–Kier alpha value is -4.00. The minimum Gasteiger partial charge on any atom is -0.312 e. The Bertz CT molecular complexity index is 1560. The molecule has 2 heterocycles. The van der Waals surface area contributed by atoms with Gasteiger partial charge in [0, 0.05) is 30.5 Å². The summed E-state index contributed by atoms with van der Waals surface area (Å²) in [5, 5.41) is 10.4. The maximum absolute atomic E-state index is 13.4. The molecule has 0 saturated heterocycles. The first-order chi connectivity index (χ1) is 18.9. The van der Waals surface area contributed by atoms with Crippen LogP contribution in [0.5, 0.6) is 0 Å². The number of halogens is 1. The lowest BCUT2D eigenvalue weighted by Crippen LogP contribution is -2.46. The van der Waals surface area contributed by atoms with E-state index in [9.17, 15) is 8.42 Å². The average molecular weight is 559 g/mol. The molecule has 1 unspecified atom stereocenters. The zero-order valence-electron chi connectivity index (χ0n) is 21.2. The predicted octanol–water partition coefficient (Wildman–Crippen LogP) is 6.00. The van der Waals surface area contributed by atoms with Crippen LogP contribution in [0.1, 0.15) is 42.7 Å². The van der Waals surface area contributed by atoms with Gasteiger partial charge >= 0.3 is 0 Å². The molecule has 0 amide bonds. The van der Waals surface area contributed by atoms with Crippen molar-refractivity contribution >= 4 is 44.8 Å². The zero-order valence-corrected chi connectivity index (χ0v) is 22.7. The van der Waals surface area contributed by atoms with E-state index in [4.69, 9.17) is 23.3 Å². The van der Waals surface area contributed by atoms with Crippen molar-refractivity contribution in [2.45, 2.75) is 36.5 Å². The van der Waals surface area contributed by atoms with E-state index in [1.807, 2.05) is 42.5 Å². The fourth-order valence-corrected chi connectivity index (χ4v) is 5.68. The van der Waals surface area contributed by atoms with Crippen molar-refractivity contribution in [3.8, 4) is 0 Å². The van der Waals surface area contributed by atoms with Crippen LogP contribution in [-0.2, 0) is 10.0 Å². The molecule has 0 aliphatic carbocycles. The molecule has 0 saturated carbocycles. The quantitative estimate of drug-likeness (QED) is 0.241. The van der Waals surface area contributed by atoms with Gasteiger partial charge in [-0.1, -0.05) is 78.3 Å². The van der Waals surface area contributed by atoms with Gasteiger partial charge in [0.1, 0.15) is 5.84 Å². The van der Waals surface area contributed by atoms with Gasteiger partial charge in [-0.05, 0) is 42.5 Å². The number of nitrogens with zero attached hydrogens (tertiary/aromatic N) is 5. The van der Waals surface area contributed by atoms with Crippen LogP contribution in [0.2, 0.25) is 5.02 Å². The van der Waals surface area contributed by atoms with E-state index in [1.54, 1.807) is 5.01 Å². The van der Waals surface area contributed by atoms with E-state index in [0.717, 1.165) is 29.7 Å². The molecule has 2 aliphatic rings. The van der Waals surface area contributed by atoms with E-state index < -0.39 is 10.0 Å².